The van der Waals surface area contributed by atoms with Gasteiger partial charge < -0.3 is 4.74 Å². The summed E-state index contributed by atoms with van der Waals surface area (Å²) >= 11 is 3.33. The van der Waals surface area contributed by atoms with Gasteiger partial charge in [0.15, 0.2) is 5.78 Å². The van der Waals surface area contributed by atoms with Crippen molar-refractivity contribution in [1.29, 1.82) is 0 Å². The first-order valence-electron chi connectivity index (χ1n) is 5.91. The Hall–Kier alpha value is -1.94. The summed E-state index contributed by atoms with van der Waals surface area (Å²) in [6.07, 6.45) is 3.01. The molecular formula is C16H12BrFO2. The maximum atomic E-state index is 13.0. The fourth-order valence-corrected chi connectivity index (χ4v) is 2.24. The number of halogens is 2. The lowest BCUT2D eigenvalue weighted by atomic mass is 10.1. The quantitative estimate of drug-likeness (QED) is 0.608. The summed E-state index contributed by atoms with van der Waals surface area (Å²) in [4.78, 5) is 12.0. The molecule has 2 aromatic carbocycles. The van der Waals surface area contributed by atoms with Gasteiger partial charge >= 0.3 is 0 Å². The van der Waals surface area contributed by atoms with Crippen LogP contribution in [0.15, 0.2) is 53.0 Å². The van der Waals surface area contributed by atoms with Gasteiger partial charge in [-0.1, -0.05) is 18.2 Å². The fraction of sp³-hybridized carbons (Fsp3) is 0.0625. The minimum absolute atomic E-state index is 0.155. The summed E-state index contributed by atoms with van der Waals surface area (Å²) in [7, 11) is 1.56. The van der Waals surface area contributed by atoms with Crippen molar-refractivity contribution in [3.8, 4) is 5.75 Å². The number of ketones is 1. The van der Waals surface area contributed by atoms with Crippen LogP contribution in [0.3, 0.4) is 0 Å². The number of allylic oxidation sites excluding steroid dienone is 1. The molecule has 0 atom stereocenters. The van der Waals surface area contributed by atoms with Gasteiger partial charge in [0.2, 0.25) is 0 Å². The van der Waals surface area contributed by atoms with Crippen LogP contribution in [0.2, 0.25) is 0 Å². The molecule has 0 amide bonds. The Bertz CT molecular complexity index is 665. The summed E-state index contributed by atoms with van der Waals surface area (Å²) in [5.74, 6) is 0.181. The third kappa shape index (κ3) is 3.54. The molecule has 4 heteroatoms. The molecule has 0 heterocycles. The Morgan fingerprint density at radius 2 is 2.05 bits per heavy atom. The Kier molecular flexibility index (Phi) is 4.69. The van der Waals surface area contributed by atoms with Crippen LogP contribution in [0.4, 0.5) is 4.39 Å². The minimum atomic E-state index is -0.327. The second kappa shape index (κ2) is 6.48. The number of rotatable bonds is 4. The maximum Gasteiger partial charge on any atom is 0.185 e. The summed E-state index contributed by atoms with van der Waals surface area (Å²) in [6, 6.07) is 11.2. The molecule has 0 N–H and O–H groups in total. The molecule has 0 saturated carbocycles. The van der Waals surface area contributed by atoms with Crippen LogP contribution >= 0.6 is 15.9 Å². The van der Waals surface area contributed by atoms with Crippen LogP contribution in [-0.4, -0.2) is 12.9 Å². The lowest BCUT2D eigenvalue weighted by molar-refractivity contribution is 0.104. The van der Waals surface area contributed by atoms with E-state index in [0.29, 0.717) is 21.3 Å². The van der Waals surface area contributed by atoms with Crippen molar-refractivity contribution < 1.29 is 13.9 Å². The zero-order valence-electron chi connectivity index (χ0n) is 10.8. The number of carbonyl (C=O) groups excluding carboxylic acids is 1. The second-order valence-corrected chi connectivity index (χ2v) is 4.96. The molecule has 0 bridgehead atoms. The van der Waals surface area contributed by atoms with Gasteiger partial charge in [-0.05, 0) is 57.9 Å². The minimum Gasteiger partial charge on any atom is -0.496 e. The lowest BCUT2D eigenvalue weighted by Gasteiger charge is -2.04. The zero-order chi connectivity index (χ0) is 14.5. The largest absolute Gasteiger partial charge is 0.496 e. The van der Waals surface area contributed by atoms with E-state index >= 15 is 0 Å². The molecule has 0 fully saturated rings. The first kappa shape index (κ1) is 14.5. The van der Waals surface area contributed by atoms with Crippen LogP contribution in [-0.2, 0) is 0 Å². The average molecular weight is 335 g/mol. The zero-order valence-corrected chi connectivity index (χ0v) is 12.4. The van der Waals surface area contributed by atoms with Crippen molar-refractivity contribution in [3.05, 3.63) is 70.0 Å². The van der Waals surface area contributed by atoms with Crippen LogP contribution in [0.5, 0.6) is 5.75 Å². The Morgan fingerprint density at radius 1 is 1.25 bits per heavy atom. The second-order valence-electron chi connectivity index (χ2n) is 4.10. The van der Waals surface area contributed by atoms with E-state index in [-0.39, 0.29) is 11.6 Å². The molecule has 0 radical (unpaired) electrons. The average Bonchev–Trinajstić information content (AvgIpc) is 2.44. The van der Waals surface area contributed by atoms with Gasteiger partial charge in [-0.3, -0.25) is 4.79 Å². The first-order valence-corrected chi connectivity index (χ1v) is 6.71. The van der Waals surface area contributed by atoms with Crippen molar-refractivity contribution in [2.24, 2.45) is 0 Å². The predicted molar refractivity (Wildman–Crippen MR) is 80.5 cm³/mol. The van der Waals surface area contributed by atoms with Crippen LogP contribution in [0, 0.1) is 5.82 Å². The monoisotopic (exact) mass is 334 g/mol. The highest BCUT2D eigenvalue weighted by Gasteiger charge is 2.06. The molecule has 102 valence electrons. The van der Waals surface area contributed by atoms with E-state index in [1.165, 1.54) is 18.2 Å². The molecule has 0 aliphatic rings. The Morgan fingerprint density at radius 3 is 2.70 bits per heavy atom. The SMILES string of the molecule is COc1ccc(C(=O)/C=C/c2cccc(F)c2)cc1Br. The predicted octanol–water partition coefficient (Wildman–Crippen LogP) is 4.49. The molecule has 20 heavy (non-hydrogen) atoms. The highest BCUT2D eigenvalue weighted by atomic mass is 79.9. The van der Waals surface area contributed by atoms with E-state index in [1.54, 1.807) is 43.5 Å². The fourth-order valence-electron chi connectivity index (χ4n) is 1.70. The maximum absolute atomic E-state index is 13.0. The Labute approximate surface area is 125 Å². The number of hydrogen-bond donors (Lipinski definition) is 0. The topological polar surface area (TPSA) is 26.3 Å². The molecule has 0 aliphatic heterocycles. The van der Waals surface area contributed by atoms with E-state index in [0.717, 1.165) is 0 Å². The van der Waals surface area contributed by atoms with E-state index < -0.39 is 0 Å². The van der Waals surface area contributed by atoms with Crippen molar-refractivity contribution >= 4 is 27.8 Å². The van der Waals surface area contributed by atoms with Crippen LogP contribution in [0.1, 0.15) is 15.9 Å². The third-order valence-corrected chi connectivity index (χ3v) is 3.33. The molecule has 0 aromatic heterocycles. The highest BCUT2D eigenvalue weighted by Crippen LogP contribution is 2.25. The van der Waals surface area contributed by atoms with Gasteiger partial charge in [-0.2, -0.15) is 0 Å². The molecule has 0 unspecified atom stereocenters. The van der Waals surface area contributed by atoms with Gasteiger partial charge in [0.25, 0.3) is 0 Å². The van der Waals surface area contributed by atoms with E-state index in [2.05, 4.69) is 15.9 Å². The molecule has 0 aliphatic carbocycles. The summed E-state index contributed by atoms with van der Waals surface area (Å²) in [5.41, 5.74) is 1.18. The van der Waals surface area contributed by atoms with Gasteiger partial charge in [0.05, 0.1) is 11.6 Å². The van der Waals surface area contributed by atoms with Gasteiger partial charge in [0, 0.05) is 5.56 Å². The molecule has 2 rings (SSSR count). The van der Waals surface area contributed by atoms with Crippen molar-refractivity contribution in [2.45, 2.75) is 0 Å². The molecule has 0 spiro atoms. The highest BCUT2D eigenvalue weighted by molar-refractivity contribution is 9.10. The summed E-state index contributed by atoms with van der Waals surface area (Å²) in [5, 5.41) is 0. The molecule has 2 nitrogen and oxygen atoms in total. The van der Waals surface area contributed by atoms with Crippen molar-refractivity contribution in [3.63, 3.8) is 0 Å². The number of hydrogen-bond acceptors (Lipinski definition) is 2. The Balaban J connectivity index is 2.18. The normalized spacial score (nSPS) is 10.8. The number of benzene rings is 2. The van der Waals surface area contributed by atoms with E-state index in [1.807, 2.05) is 0 Å². The van der Waals surface area contributed by atoms with Crippen LogP contribution in [0.25, 0.3) is 6.08 Å². The summed E-state index contributed by atoms with van der Waals surface area (Å²) < 4.78 is 18.8. The molecule has 2 aromatic rings. The number of ether oxygens (including phenoxy) is 1. The molecule has 0 saturated heterocycles. The van der Waals surface area contributed by atoms with Crippen molar-refractivity contribution in [1.82, 2.24) is 0 Å². The number of methoxy groups -OCH3 is 1. The van der Waals surface area contributed by atoms with Crippen LogP contribution < -0.4 is 4.74 Å². The van der Waals surface area contributed by atoms with Crippen molar-refractivity contribution in [2.75, 3.05) is 7.11 Å². The first-order chi connectivity index (χ1) is 9.60. The van der Waals surface area contributed by atoms with Gasteiger partial charge in [0.1, 0.15) is 11.6 Å². The number of carbonyl (C=O) groups is 1. The molecular weight excluding hydrogens is 323 g/mol. The third-order valence-electron chi connectivity index (χ3n) is 2.71. The lowest BCUT2D eigenvalue weighted by Crippen LogP contribution is -1.95. The van der Waals surface area contributed by atoms with E-state index in [4.69, 9.17) is 4.74 Å². The van der Waals surface area contributed by atoms with Gasteiger partial charge in [-0.25, -0.2) is 4.39 Å². The van der Waals surface area contributed by atoms with E-state index in [9.17, 15) is 9.18 Å². The smallest absolute Gasteiger partial charge is 0.185 e. The van der Waals surface area contributed by atoms with Gasteiger partial charge in [-0.15, -0.1) is 0 Å². The standard InChI is InChI=1S/C16H12BrFO2/c1-20-16-8-6-12(10-14(16)17)15(19)7-5-11-3-2-4-13(18)9-11/h2-10H,1H3/b7-5+. The summed E-state index contributed by atoms with van der Waals surface area (Å²) in [6.45, 7) is 0.